The Morgan fingerprint density at radius 3 is 2.77 bits per heavy atom. The highest BCUT2D eigenvalue weighted by atomic mass is 16.6. The summed E-state index contributed by atoms with van der Waals surface area (Å²) in [6.45, 7) is 4.85. The fraction of sp³-hybridized carbons (Fsp3) is 0.324. The number of benzene rings is 2. The molecule has 5 aromatic rings. The molecule has 0 saturated carbocycles. The lowest BCUT2D eigenvalue weighted by molar-refractivity contribution is -0.127. The number of nitrogens with zero attached hydrogens (tertiary/aromatic N) is 7. The summed E-state index contributed by atoms with van der Waals surface area (Å²) in [6, 6.07) is 14.9. The van der Waals surface area contributed by atoms with Crippen LogP contribution < -0.4 is 9.75 Å². The van der Waals surface area contributed by atoms with E-state index >= 15 is 0 Å². The van der Waals surface area contributed by atoms with E-state index in [1.165, 1.54) is 18.2 Å². The van der Waals surface area contributed by atoms with Crippen molar-refractivity contribution in [1.82, 2.24) is 19.6 Å². The van der Waals surface area contributed by atoms with Crippen LogP contribution in [0.15, 0.2) is 71.2 Å². The summed E-state index contributed by atoms with van der Waals surface area (Å²) >= 11 is 0. The first-order valence-electron chi connectivity index (χ1n) is 15.5. The number of ether oxygens (including phenoxy) is 2. The van der Waals surface area contributed by atoms with Crippen LogP contribution in [0, 0.1) is 17.2 Å². The number of nitrogens with one attached hydrogen (secondary N) is 1. The van der Waals surface area contributed by atoms with E-state index in [1.54, 1.807) is 37.4 Å². The monoisotopic (exact) mass is 650 g/mol. The maximum Gasteiger partial charge on any atom is 0.339 e. The number of aromatic amines is 1. The predicted molar refractivity (Wildman–Crippen MR) is 175 cm³/mol. The van der Waals surface area contributed by atoms with Crippen LogP contribution in [-0.2, 0) is 9.53 Å². The largest absolute Gasteiger partial charge is 0.507 e. The number of rotatable bonds is 12. The normalized spacial score (nSPS) is 15.8. The third-order valence-corrected chi connectivity index (χ3v) is 8.38. The van der Waals surface area contributed by atoms with E-state index in [-0.39, 0.29) is 29.4 Å². The second kappa shape index (κ2) is 13.5. The first kappa shape index (κ1) is 32.1. The number of H-pyrrole nitrogens is 1. The summed E-state index contributed by atoms with van der Waals surface area (Å²) in [5.41, 5.74) is 1.15. The van der Waals surface area contributed by atoms with Gasteiger partial charge in [-0.25, -0.2) is 19.4 Å². The third kappa shape index (κ3) is 6.53. The number of hydrogen-bond acceptors (Lipinski definition) is 11. The van der Waals surface area contributed by atoms with Crippen LogP contribution >= 0.6 is 0 Å². The number of para-hydroxylation sites is 1. The minimum absolute atomic E-state index is 0.117. The van der Waals surface area contributed by atoms with Crippen molar-refractivity contribution in [2.45, 2.75) is 44.8 Å². The summed E-state index contributed by atoms with van der Waals surface area (Å²) in [5, 5.41) is 39.8. The molecule has 0 radical (unpaired) electrons. The van der Waals surface area contributed by atoms with Crippen molar-refractivity contribution in [3.05, 3.63) is 72.3 Å². The second-order valence-corrected chi connectivity index (χ2v) is 11.9. The number of carbonyl (C=O) groups excluding carboxylic acids is 1. The Balaban J connectivity index is 1.23. The highest BCUT2D eigenvalue weighted by molar-refractivity contribution is 6.01. The highest BCUT2D eigenvalue weighted by Gasteiger charge is 2.32. The number of nitriles is 1. The number of azo groups is 1. The molecule has 1 aliphatic rings. The van der Waals surface area contributed by atoms with Gasteiger partial charge in [-0.3, -0.25) is 4.79 Å². The molecule has 2 atom stereocenters. The third-order valence-electron chi connectivity index (χ3n) is 8.38. The van der Waals surface area contributed by atoms with Crippen LogP contribution in [0.25, 0.3) is 22.1 Å². The number of fused-ring (bicyclic) bond motifs is 3. The molecule has 0 bridgehead atoms. The molecule has 6 rings (SSSR count). The smallest absolute Gasteiger partial charge is 0.339 e. The number of aromatic nitrogens is 4. The van der Waals surface area contributed by atoms with Crippen molar-refractivity contribution < 1.29 is 29.3 Å². The van der Waals surface area contributed by atoms with Gasteiger partial charge in [0.1, 0.15) is 45.5 Å². The van der Waals surface area contributed by atoms with Crippen LogP contribution in [0.1, 0.15) is 55.4 Å². The molecule has 246 valence electrons. The van der Waals surface area contributed by atoms with E-state index in [4.69, 9.17) is 14.5 Å². The number of carboxylic acid groups (broad SMARTS) is 1. The van der Waals surface area contributed by atoms with Gasteiger partial charge in [0, 0.05) is 31.1 Å². The molecule has 14 nitrogen and oxygen atoms in total. The van der Waals surface area contributed by atoms with Gasteiger partial charge in [0.05, 0.1) is 24.6 Å². The summed E-state index contributed by atoms with van der Waals surface area (Å²) in [7, 11) is 0. The van der Waals surface area contributed by atoms with E-state index in [0.29, 0.717) is 35.7 Å². The van der Waals surface area contributed by atoms with Crippen molar-refractivity contribution in [2.24, 2.45) is 16.1 Å². The van der Waals surface area contributed by atoms with Gasteiger partial charge in [-0.2, -0.15) is 10.4 Å². The lowest BCUT2D eigenvalue weighted by atomic mass is 9.95. The van der Waals surface area contributed by atoms with E-state index in [2.05, 4.69) is 36.0 Å². The first-order chi connectivity index (χ1) is 23.2. The molecule has 0 spiro atoms. The molecule has 2 aromatic carbocycles. The molecular formula is C34H34N8O6. The lowest BCUT2D eigenvalue weighted by Crippen LogP contribution is -2.43. The van der Waals surface area contributed by atoms with Gasteiger partial charge in [0.25, 0.3) is 0 Å². The zero-order chi connectivity index (χ0) is 33.8. The number of phenols is 1. The fourth-order valence-corrected chi connectivity index (χ4v) is 5.77. The van der Waals surface area contributed by atoms with Crippen LogP contribution in [0.3, 0.4) is 0 Å². The minimum atomic E-state index is -1.42. The number of carboxylic acids is 1. The summed E-state index contributed by atoms with van der Waals surface area (Å²) < 4.78 is 14.6. The zero-order valence-corrected chi connectivity index (χ0v) is 26.4. The Bertz CT molecular complexity index is 2040. The molecule has 1 aliphatic heterocycles. The number of imidazole rings is 1. The van der Waals surface area contributed by atoms with E-state index in [1.807, 2.05) is 19.2 Å². The number of aldehydes is 1. The Morgan fingerprint density at radius 2 is 2.02 bits per heavy atom. The standard InChI is InChI=1S/C34H34N8O6/c1-21(32-38-27-18-37-31-24(10-14-36-31)30(27)42(32)41-15-11-22(9-13-35)12-16-41)47-20-34(2,19-43)48-29-6-4-3-5-26(29)40-39-23-7-8-28(44)25(17-23)33(45)46/h3-8,10,14,17-19,21-22,44H,9,11-12,15-16,20H2,1-2H3,(H,36,37)(H,45,46)/b40-39+/t21-,34+/m1/s1. The van der Waals surface area contributed by atoms with Gasteiger partial charge in [0.15, 0.2) is 17.7 Å². The quantitative estimate of drug-likeness (QED) is 0.105. The molecule has 0 amide bonds. The summed E-state index contributed by atoms with van der Waals surface area (Å²) in [5.74, 6) is -0.418. The van der Waals surface area contributed by atoms with Crippen molar-refractivity contribution in [3.8, 4) is 17.6 Å². The van der Waals surface area contributed by atoms with Crippen molar-refractivity contribution >= 4 is 45.7 Å². The molecule has 14 heteroatoms. The van der Waals surface area contributed by atoms with Crippen molar-refractivity contribution in [1.29, 1.82) is 5.26 Å². The van der Waals surface area contributed by atoms with E-state index in [0.717, 1.165) is 42.5 Å². The zero-order valence-electron chi connectivity index (χ0n) is 26.4. The molecule has 4 heterocycles. The van der Waals surface area contributed by atoms with Gasteiger partial charge in [0.2, 0.25) is 0 Å². The number of aromatic carboxylic acids is 1. The van der Waals surface area contributed by atoms with Crippen molar-refractivity contribution in [3.63, 3.8) is 0 Å². The topological polar surface area (TPSA) is 191 Å². The summed E-state index contributed by atoms with van der Waals surface area (Å²) in [4.78, 5) is 36.5. The fourth-order valence-electron chi connectivity index (χ4n) is 5.77. The Morgan fingerprint density at radius 1 is 1.23 bits per heavy atom. The molecule has 1 fully saturated rings. The molecule has 3 aromatic heterocycles. The number of aromatic hydroxyl groups is 1. The number of hydrogen-bond donors (Lipinski definition) is 3. The van der Waals surface area contributed by atoms with Gasteiger partial charge in [-0.1, -0.05) is 12.1 Å². The molecule has 1 saturated heterocycles. The van der Waals surface area contributed by atoms with Crippen LogP contribution in [0.2, 0.25) is 0 Å². The number of carbonyl (C=O) groups is 2. The van der Waals surface area contributed by atoms with Gasteiger partial charge >= 0.3 is 5.97 Å². The maximum absolute atomic E-state index is 12.5. The molecular weight excluding hydrogens is 616 g/mol. The number of pyridine rings is 1. The Labute approximate surface area is 275 Å². The van der Waals surface area contributed by atoms with Crippen LogP contribution in [0.4, 0.5) is 11.4 Å². The van der Waals surface area contributed by atoms with E-state index < -0.39 is 17.7 Å². The Kier molecular flexibility index (Phi) is 9.04. The van der Waals surface area contributed by atoms with Gasteiger partial charge in [-0.05, 0) is 69.0 Å². The molecule has 48 heavy (non-hydrogen) atoms. The number of piperidine rings is 1. The van der Waals surface area contributed by atoms with Crippen molar-refractivity contribution in [2.75, 3.05) is 24.7 Å². The summed E-state index contributed by atoms with van der Waals surface area (Å²) in [6.07, 6.45) is 5.98. The predicted octanol–water partition coefficient (Wildman–Crippen LogP) is 6.11. The first-order valence-corrected chi connectivity index (χ1v) is 15.5. The van der Waals surface area contributed by atoms with Gasteiger partial charge in [-0.15, -0.1) is 5.11 Å². The average molecular weight is 651 g/mol. The maximum atomic E-state index is 12.5. The minimum Gasteiger partial charge on any atom is -0.507 e. The van der Waals surface area contributed by atoms with Crippen LogP contribution in [-0.4, -0.2) is 67.4 Å². The lowest BCUT2D eigenvalue weighted by Gasteiger charge is -2.35. The highest BCUT2D eigenvalue weighted by Crippen LogP contribution is 2.34. The molecule has 3 N–H and O–H groups in total. The SMILES string of the molecule is C[C@@H](OC[C@](C)(C=O)Oc1ccccc1/N=N/c1ccc(O)c(C(=O)O)c1)c1nc2cnc3[nH]ccc3c2n1N1CCC(CC#N)CC1. The van der Waals surface area contributed by atoms with Gasteiger partial charge < -0.3 is 29.7 Å². The molecule has 0 aliphatic carbocycles. The van der Waals surface area contributed by atoms with Crippen LogP contribution in [0.5, 0.6) is 11.5 Å². The Hall–Kier alpha value is -5.81. The molecule has 0 unspecified atom stereocenters. The average Bonchev–Trinajstić information content (AvgIpc) is 3.73. The second-order valence-electron chi connectivity index (χ2n) is 11.9. The van der Waals surface area contributed by atoms with E-state index in [9.17, 15) is 25.1 Å².